The van der Waals surface area contributed by atoms with Gasteiger partial charge >= 0.3 is 0 Å². The van der Waals surface area contributed by atoms with E-state index in [-0.39, 0.29) is 6.10 Å². The Hall–Kier alpha value is -0.640. The summed E-state index contributed by atoms with van der Waals surface area (Å²) < 4.78 is 11.8. The molecule has 0 aromatic carbocycles. The normalized spacial score (nSPS) is 32.9. The third kappa shape index (κ3) is 1.95. The minimum Gasteiger partial charge on any atom is -0.344 e. The summed E-state index contributed by atoms with van der Waals surface area (Å²) in [5.41, 5.74) is 0.515. The molecule has 2 unspecified atom stereocenters. The molecular formula is C12H16ClNO2. The molecule has 16 heavy (non-hydrogen) atoms. The Kier molecular flexibility index (Phi) is 2.73. The molecule has 3 nitrogen and oxygen atoms in total. The molecule has 4 heteroatoms. The van der Waals surface area contributed by atoms with Crippen molar-refractivity contribution in [3.05, 3.63) is 29.0 Å². The number of hydrogen-bond acceptors (Lipinski definition) is 3. The van der Waals surface area contributed by atoms with Crippen molar-refractivity contribution >= 4 is 11.6 Å². The lowest BCUT2D eigenvalue weighted by Crippen LogP contribution is -2.32. The molecule has 0 N–H and O–H groups in total. The zero-order chi connectivity index (χ0) is 12.0. The molecule has 0 saturated carbocycles. The quantitative estimate of drug-likeness (QED) is 0.708. The van der Waals surface area contributed by atoms with Crippen LogP contribution in [0.5, 0.6) is 0 Å². The number of ether oxygens (including phenoxy) is 2. The first-order valence-electron chi connectivity index (χ1n) is 5.33. The molecule has 0 bridgehead atoms. The smallest absolute Gasteiger partial charge is 0.164 e. The lowest BCUT2D eigenvalue weighted by atomic mass is 9.92. The molecule has 1 aliphatic rings. The fourth-order valence-corrected chi connectivity index (χ4v) is 2.33. The van der Waals surface area contributed by atoms with Gasteiger partial charge < -0.3 is 9.47 Å². The fourth-order valence-electron chi connectivity index (χ4n) is 2.16. The minimum absolute atomic E-state index is 0.0269. The molecule has 2 rings (SSSR count). The molecule has 0 aliphatic carbocycles. The van der Waals surface area contributed by atoms with Gasteiger partial charge in [0, 0.05) is 6.20 Å². The van der Waals surface area contributed by atoms with Crippen molar-refractivity contribution < 1.29 is 9.47 Å². The van der Waals surface area contributed by atoms with Crippen molar-refractivity contribution in [3.63, 3.8) is 0 Å². The molecular weight excluding hydrogens is 226 g/mol. The highest BCUT2D eigenvalue weighted by atomic mass is 35.5. The SMILES string of the molecule is CC1OC(C)(C)OC1(C)c1ccnc(Cl)c1. The highest BCUT2D eigenvalue weighted by Gasteiger charge is 2.48. The van der Waals surface area contributed by atoms with Gasteiger partial charge in [0.25, 0.3) is 0 Å². The van der Waals surface area contributed by atoms with Gasteiger partial charge in [0.15, 0.2) is 5.79 Å². The molecule has 1 saturated heterocycles. The van der Waals surface area contributed by atoms with Gasteiger partial charge in [-0.3, -0.25) is 0 Å². The third-order valence-electron chi connectivity index (χ3n) is 2.99. The first-order chi connectivity index (χ1) is 7.33. The molecule has 0 amide bonds. The number of nitrogens with zero attached hydrogens (tertiary/aromatic N) is 1. The zero-order valence-electron chi connectivity index (χ0n) is 9.95. The van der Waals surface area contributed by atoms with Crippen LogP contribution in [0.4, 0.5) is 0 Å². The second-order valence-corrected chi connectivity index (χ2v) is 5.12. The Balaban J connectivity index is 2.40. The molecule has 2 atom stereocenters. The van der Waals surface area contributed by atoms with Gasteiger partial charge in [-0.25, -0.2) is 4.98 Å². The van der Waals surface area contributed by atoms with Crippen LogP contribution in [0.2, 0.25) is 5.15 Å². The van der Waals surface area contributed by atoms with Crippen LogP contribution < -0.4 is 0 Å². The van der Waals surface area contributed by atoms with E-state index in [2.05, 4.69) is 4.98 Å². The molecule has 2 heterocycles. The predicted octanol–water partition coefficient (Wildman–Crippen LogP) is 3.12. The summed E-state index contributed by atoms with van der Waals surface area (Å²) in [5.74, 6) is -0.566. The largest absolute Gasteiger partial charge is 0.344 e. The van der Waals surface area contributed by atoms with E-state index in [1.807, 2.05) is 39.8 Å². The highest BCUT2D eigenvalue weighted by Crippen LogP contribution is 2.43. The van der Waals surface area contributed by atoms with Crippen molar-refractivity contribution in [1.29, 1.82) is 0 Å². The van der Waals surface area contributed by atoms with Crippen molar-refractivity contribution in [2.24, 2.45) is 0 Å². The maximum atomic E-state index is 5.98. The van der Waals surface area contributed by atoms with E-state index >= 15 is 0 Å². The van der Waals surface area contributed by atoms with Crippen LogP contribution in [-0.4, -0.2) is 16.9 Å². The molecule has 88 valence electrons. The van der Waals surface area contributed by atoms with Gasteiger partial charge in [-0.1, -0.05) is 11.6 Å². The second kappa shape index (κ2) is 3.69. The van der Waals surface area contributed by atoms with Crippen LogP contribution in [0, 0.1) is 0 Å². The summed E-state index contributed by atoms with van der Waals surface area (Å²) >= 11 is 5.90. The topological polar surface area (TPSA) is 31.4 Å². The number of aromatic nitrogens is 1. The summed E-state index contributed by atoms with van der Waals surface area (Å²) in [6, 6.07) is 3.73. The van der Waals surface area contributed by atoms with Crippen molar-refractivity contribution in [1.82, 2.24) is 4.98 Å². The van der Waals surface area contributed by atoms with E-state index in [0.717, 1.165) is 5.56 Å². The van der Waals surface area contributed by atoms with Gasteiger partial charge in [0.1, 0.15) is 10.8 Å². The van der Waals surface area contributed by atoms with Crippen LogP contribution >= 0.6 is 11.6 Å². The fraction of sp³-hybridized carbons (Fsp3) is 0.583. The average molecular weight is 242 g/mol. The van der Waals surface area contributed by atoms with Gasteiger partial charge in [0.05, 0.1) is 6.10 Å². The van der Waals surface area contributed by atoms with Crippen LogP contribution in [0.15, 0.2) is 18.3 Å². The van der Waals surface area contributed by atoms with Crippen LogP contribution in [0.25, 0.3) is 0 Å². The van der Waals surface area contributed by atoms with E-state index in [1.165, 1.54) is 0 Å². The molecule has 1 aromatic heterocycles. The van der Waals surface area contributed by atoms with Crippen LogP contribution in [0.3, 0.4) is 0 Å². The maximum absolute atomic E-state index is 5.98. The van der Waals surface area contributed by atoms with E-state index in [0.29, 0.717) is 5.15 Å². The number of hydrogen-bond donors (Lipinski definition) is 0. The van der Waals surface area contributed by atoms with Gasteiger partial charge in [0.2, 0.25) is 0 Å². The molecule has 0 radical (unpaired) electrons. The lowest BCUT2D eigenvalue weighted by molar-refractivity contribution is -0.161. The lowest BCUT2D eigenvalue weighted by Gasteiger charge is -2.27. The van der Waals surface area contributed by atoms with Crippen LogP contribution in [-0.2, 0) is 15.1 Å². The summed E-state index contributed by atoms with van der Waals surface area (Å²) in [7, 11) is 0. The highest BCUT2D eigenvalue weighted by molar-refractivity contribution is 6.29. The van der Waals surface area contributed by atoms with Crippen LogP contribution in [0.1, 0.15) is 33.3 Å². The predicted molar refractivity (Wildman–Crippen MR) is 62.3 cm³/mol. The monoisotopic (exact) mass is 241 g/mol. The van der Waals surface area contributed by atoms with Gasteiger partial charge in [-0.05, 0) is 45.4 Å². The van der Waals surface area contributed by atoms with Crippen molar-refractivity contribution in [2.45, 2.75) is 45.2 Å². The van der Waals surface area contributed by atoms with E-state index in [9.17, 15) is 0 Å². The minimum atomic E-state index is -0.566. The van der Waals surface area contributed by atoms with E-state index < -0.39 is 11.4 Å². The number of pyridine rings is 1. The number of halogens is 1. The second-order valence-electron chi connectivity index (χ2n) is 4.74. The Bertz CT molecular complexity index is 408. The Labute approximate surface area is 101 Å². The average Bonchev–Trinajstić information content (AvgIpc) is 2.36. The third-order valence-corrected chi connectivity index (χ3v) is 3.20. The molecule has 0 spiro atoms. The Morgan fingerprint density at radius 2 is 2.06 bits per heavy atom. The summed E-state index contributed by atoms with van der Waals surface area (Å²) in [5, 5.41) is 0.472. The first kappa shape index (κ1) is 11.8. The van der Waals surface area contributed by atoms with Crippen molar-refractivity contribution in [2.75, 3.05) is 0 Å². The Morgan fingerprint density at radius 3 is 2.56 bits per heavy atom. The van der Waals surface area contributed by atoms with Crippen molar-refractivity contribution in [3.8, 4) is 0 Å². The summed E-state index contributed by atoms with van der Waals surface area (Å²) in [4.78, 5) is 3.97. The zero-order valence-corrected chi connectivity index (χ0v) is 10.7. The Morgan fingerprint density at radius 1 is 1.38 bits per heavy atom. The molecule has 1 fully saturated rings. The van der Waals surface area contributed by atoms with Gasteiger partial charge in [-0.15, -0.1) is 0 Å². The maximum Gasteiger partial charge on any atom is 0.164 e. The number of rotatable bonds is 1. The molecule has 1 aromatic rings. The standard InChI is InChI=1S/C12H16ClNO2/c1-8-12(4,16-11(2,3)15-8)9-5-6-14-10(13)7-9/h5-8H,1-4H3. The summed E-state index contributed by atoms with van der Waals surface area (Å²) in [6.45, 7) is 7.84. The molecule has 1 aliphatic heterocycles. The van der Waals surface area contributed by atoms with E-state index in [4.69, 9.17) is 21.1 Å². The summed E-state index contributed by atoms with van der Waals surface area (Å²) in [6.07, 6.45) is 1.66. The van der Waals surface area contributed by atoms with E-state index in [1.54, 1.807) is 6.20 Å². The first-order valence-corrected chi connectivity index (χ1v) is 5.71. The van der Waals surface area contributed by atoms with Gasteiger partial charge in [-0.2, -0.15) is 0 Å².